The molecule has 1 aromatic rings. The van der Waals surface area contributed by atoms with Crippen LogP contribution in [0.2, 0.25) is 0 Å². The van der Waals surface area contributed by atoms with Gasteiger partial charge in [0.1, 0.15) is 0 Å². The van der Waals surface area contributed by atoms with E-state index in [9.17, 15) is 18.0 Å². The molecule has 0 bridgehead atoms. The number of amides is 1. The van der Waals surface area contributed by atoms with Crippen LogP contribution in [0.25, 0.3) is 0 Å². The van der Waals surface area contributed by atoms with Gasteiger partial charge in [0.05, 0.1) is 5.56 Å². The van der Waals surface area contributed by atoms with Crippen molar-refractivity contribution in [2.75, 3.05) is 26.7 Å². The van der Waals surface area contributed by atoms with Crippen LogP contribution in [-0.2, 0) is 6.18 Å². The molecule has 0 N–H and O–H groups in total. The van der Waals surface area contributed by atoms with Crippen molar-refractivity contribution in [2.45, 2.75) is 37.4 Å². The highest BCUT2D eigenvalue weighted by Gasteiger charge is 2.43. The van der Waals surface area contributed by atoms with E-state index in [1.54, 1.807) is 4.90 Å². The summed E-state index contributed by atoms with van der Waals surface area (Å²) in [5.74, 6) is -0.168. The summed E-state index contributed by atoms with van der Waals surface area (Å²) in [5, 5.41) is 0. The predicted molar refractivity (Wildman–Crippen MR) is 81.2 cm³/mol. The van der Waals surface area contributed by atoms with Gasteiger partial charge in [-0.1, -0.05) is 0 Å². The first-order valence-electron chi connectivity index (χ1n) is 8.00. The van der Waals surface area contributed by atoms with E-state index in [-0.39, 0.29) is 11.4 Å². The number of halogens is 3. The molecule has 2 fully saturated rings. The standard InChI is InChI=1S/C17H21F3N2O/c1-21-10-2-8-16(21)9-3-11-22(12-16)15(23)13-4-6-14(7-5-13)17(18,19)20/h4-7H,2-3,8-12H2,1H3. The Labute approximate surface area is 134 Å². The lowest BCUT2D eigenvalue weighted by molar-refractivity contribution is -0.137. The molecule has 2 heterocycles. The number of carbonyl (C=O) groups excluding carboxylic acids is 1. The molecule has 0 aromatic heterocycles. The van der Waals surface area contributed by atoms with Crippen molar-refractivity contribution in [1.82, 2.24) is 9.80 Å². The first-order valence-corrected chi connectivity index (χ1v) is 8.00. The van der Waals surface area contributed by atoms with E-state index in [0.717, 1.165) is 44.4 Å². The summed E-state index contributed by atoms with van der Waals surface area (Å²) >= 11 is 0. The lowest BCUT2D eigenvalue weighted by Gasteiger charge is -2.44. The van der Waals surface area contributed by atoms with Gasteiger partial charge >= 0.3 is 6.18 Å². The van der Waals surface area contributed by atoms with Crippen LogP contribution in [-0.4, -0.2) is 47.9 Å². The molecule has 1 spiro atoms. The maximum atomic E-state index is 12.6. The number of likely N-dealkylation sites (tertiary alicyclic amines) is 2. The SMILES string of the molecule is CN1CCCC12CCCN(C(=O)c1ccc(C(F)(F)F)cc1)C2. The number of benzene rings is 1. The Hall–Kier alpha value is -1.56. The van der Waals surface area contributed by atoms with E-state index in [0.29, 0.717) is 18.7 Å². The van der Waals surface area contributed by atoms with Crippen molar-refractivity contribution in [2.24, 2.45) is 0 Å². The molecule has 6 heteroatoms. The third-order valence-electron chi connectivity index (χ3n) is 5.25. The summed E-state index contributed by atoms with van der Waals surface area (Å²) in [7, 11) is 2.10. The van der Waals surface area contributed by atoms with Crippen molar-refractivity contribution in [3.05, 3.63) is 35.4 Å². The number of rotatable bonds is 1. The summed E-state index contributed by atoms with van der Waals surface area (Å²) in [6, 6.07) is 4.53. The molecule has 0 radical (unpaired) electrons. The minimum absolute atomic E-state index is 0.0554. The molecule has 1 aromatic carbocycles. The smallest absolute Gasteiger partial charge is 0.337 e. The van der Waals surface area contributed by atoms with Gasteiger partial charge in [-0.15, -0.1) is 0 Å². The zero-order valence-electron chi connectivity index (χ0n) is 13.2. The molecule has 0 aliphatic carbocycles. The zero-order chi connectivity index (χ0) is 16.7. The van der Waals surface area contributed by atoms with Crippen LogP contribution in [0.5, 0.6) is 0 Å². The largest absolute Gasteiger partial charge is 0.416 e. The third-order valence-corrected chi connectivity index (χ3v) is 5.25. The number of likely N-dealkylation sites (N-methyl/N-ethyl adjacent to an activating group) is 1. The van der Waals surface area contributed by atoms with Crippen molar-refractivity contribution in [3.8, 4) is 0 Å². The van der Waals surface area contributed by atoms with Gasteiger partial charge < -0.3 is 4.90 Å². The second kappa shape index (κ2) is 5.82. The van der Waals surface area contributed by atoms with E-state index in [4.69, 9.17) is 0 Å². The van der Waals surface area contributed by atoms with Crippen LogP contribution in [0, 0.1) is 0 Å². The molecule has 2 saturated heterocycles. The van der Waals surface area contributed by atoms with Crippen LogP contribution >= 0.6 is 0 Å². The zero-order valence-corrected chi connectivity index (χ0v) is 13.2. The maximum Gasteiger partial charge on any atom is 0.416 e. The first-order chi connectivity index (χ1) is 10.8. The minimum Gasteiger partial charge on any atom is -0.337 e. The average Bonchev–Trinajstić information content (AvgIpc) is 2.86. The Morgan fingerprint density at radius 1 is 1.09 bits per heavy atom. The van der Waals surface area contributed by atoms with Gasteiger partial charge in [0.15, 0.2) is 0 Å². The Balaban J connectivity index is 1.75. The molecule has 1 amide bonds. The Morgan fingerprint density at radius 2 is 1.70 bits per heavy atom. The molecule has 126 valence electrons. The van der Waals surface area contributed by atoms with Gasteiger partial charge in [-0.3, -0.25) is 9.69 Å². The van der Waals surface area contributed by atoms with Gasteiger partial charge in [-0.25, -0.2) is 0 Å². The van der Waals surface area contributed by atoms with Crippen molar-refractivity contribution < 1.29 is 18.0 Å². The van der Waals surface area contributed by atoms with Crippen LogP contribution in [0.3, 0.4) is 0 Å². The van der Waals surface area contributed by atoms with E-state index in [2.05, 4.69) is 11.9 Å². The van der Waals surface area contributed by atoms with Crippen molar-refractivity contribution >= 4 is 5.91 Å². The van der Waals surface area contributed by atoms with Gasteiger partial charge in [0.25, 0.3) is 5.91 Å². The van der Waals surface area contributed by atoms with Crippen LogP contribution in [0.1, 0.15) is 41.6 Å². The fraction of sp³-hybridized carbons (Fsp3) is 0.588. The fourth-order valence-electron chi connectivity index (χ4n) is 3.86. The molecule has 3 nitrogen and oxygen atoms in total. The summed E-state index contributed by atoms with van der Waals surface area (Å²) < 4.78 is 37.9. The molecular weight excluding hydrogens is 305 g/mol. The summed E-state index contributed by atoms with van der Waals surface area (Å²) in [6.45, 7) is 2.39. The van der Waals surface area contributed by atoms with E-state index < -0.39 is 11.7 Å². The van der Waals surface area contributed by atoms with E-state index in [1.165, 1.54) is 12.1 Å². The number of piperidine rings is 1. The van der Waals surface area contributed by atoms with Gasteiger partial charge in [-0.05, 0) is 63.5 Å². The Kier molecular flexibility index (Phi) is 4.12. The minimum atomic E-state index is -4.37. The predicted octanol–water partition coefficient (Wildman–Crippen LogP) is 3.41. The molecule has 23 heavy (non-hydrogen) atoms. The quantitative estimate of drug-likeness (QED) is 0.790. The van der Waals surface area contributed by atoms with Gasteiger partial charge in [0.2, 0.25) is 0 Å². The molecule has 1 atom stereocenters. The summed E-state index contributed by atoms with van der Waals surface area (Å²) in [6.07, 6.45) is -0.126. The monoisotopic (exact) mass is 326 g/mol. The number of nitrogens with zero attached hydrogens (tertiary/aromatic N) is 2. The molecule has 1 unspecified atom stereocenters. The number of carbonyl (C=O) groups is 1. The highest BCUT2D eigenvalue weighted by atomic mass is 19.4. The Morgan fingerprint density at radius 3 is 2.26 bits per heavy atom. The Bertz CT molecular complexity index is 584. The fourth-order valence-corrected chi connectivity index (χ4v) is 3.86. The molecule has 0 saturated carbocycles. The normalized spacial score (nSPS) is 26.0. The third kappa shape index (κ3) is 3.09. The van der Waals surface area contributed by atoms with E-state index >= 15 is 0 Å². The summed E-state index contributed by atoms with van der Waals surface area (Å²) in [5.41, 5.74) is -0.338. The number of hydrogen-bond acceptors (Lipinski definition) is 2. The van der Waals surface area contributed by atoms with Gasteiger partial charge in [0, 0.05) is 24.2 Å². The van der Waals surface area contributed by atoms with Crippen molar-refractivity contribution in [3.63, 3.8) is 0 Å². The van der Waals surface area contributed by atoms with Crippen LogP contribution in [0.15, 0.2) is 24.3 Å². The number of hydrogen-bond donors (Lipinski definition) is 0. The first kappa shape index (κ1) is 16.3. The summed E-state index contributed by atoms with van der Waals surface area (Å²) in [4.78, 5) is 16.8. The van der Waals surface area contributed by atoms with Crippen LogP contribution < -0.4 is 0 Å². The highest BCUT2D eigenvalue weighted by molar-refractivity contribution is 5.94. The average molecular weight is 326 g/mol. The molecule has 2 aliphatic rings. The van der Waals surface area contributed by atoms with Crippen LogP contribution in [0.4, 0.5) is 13.2 Å². The van der Waals surface area contributed by atoms with Crippen molar-refractivity contribution in [1.29, 1.82) is 0 Å². The topological polar surface area (TPSA) is 23.6 Å². The molecule has 3 rings (SSSR count). The molecular formula is C17H21F3N2O. The second-order valence-corrected chi connectivity index (χ2v) is 6.65. The lowest BCUT2D eigenvalue weighted by Crippen LogP contribution is -2.55. The lowest BCUT2D eigenvalue weighted by atomic mass is 9.86. The second-order valence-electron chi connectivity index (χ2n) is 6.65. The highest BCUT2D eigenvalue weighted by Crippen LogP contribution is 2.36. The number of alkyl halides is 3. The maximum absolute atomic E-state index is 12.6. The molecule has 2 aliphatic heterocycles. The van der Waals surface area contributed by atoms with E-state index in [1.807, 2.05) is 0 Å². The van der Waals surface area contributed by atoms with Gasteiger partial charge in [-0.2, -0.15) is 13.2 Å².